The minimum absolute atomic E-state index is 0.189. The maximum Gasteiger partial charge on any atom is 0.206 e. The van der Waals surface area contributed by atoms with Gasteiger partial charge in [0.05, 0.1) is 9.79 Å². The first-order chi connectivity index (χ1) is 13.6. The monoisotopic (exact) mass is 395 g/mol. The number of hydrogen-bond acceptors (Lipinski definition) is 5. The largest absolute Gasteiger partial charge is 0.486 e. The Morgan fingerprint density at radius 1 is 0.857 bits per heavy atom. The van der Waals surface area contributed by atoms with Gasteiger partial charge in [0.25, 0.3) is 0 Å². The summed E-state index contributed by atoms with van der Waals surface area (Å²) in [5.41, 5.74) is 1.19. The molecule has 0 saturated heterocycles. The van der Waals surface area contributed by atoms with E-state index in [9.17, 15) is 8.42 Å². The molecule has 6 heteroatoms. The number of ether oxygens (including phenoxy) is 2. The molecule has 1 atom stereocenters. The summed E-state index contributed by atoms with van der Waals surface area (Å²) in [6.07, 6.45) is -0.189. The fourth-order valence-corrected chi connectivity index (χ4v) is 4.37. The molecule has 0 fully saturated rings. The summed E-state index contributed by atoms with van der Waals surface area (Å²) in [6, 6.07) is 23.2. The second kappa shape index (κ2) is 8.04. The van der Waals surface area contributed by atoms with Crippen LogP contribution in [0.2, 0.25) is 0 Å². The zero-order valence-corrected chi connectivity index (χ0v) is 16.1. The number of fused-ring (bicyclic) bond motifs is 1. The molecule has 1 aliphatic heterocycles. The highest BCUT2D eigenvalue weighted by atomic mass is 32.2. The van der Waals surface area contributed by atoms with Crippen molar-refractivity contribution in [1.82, 2.24) is 5.32 Å². The Morgan fingerprint density at radius 2 is 1.57 bits per heavy atom. The summed E-state index contributed by atoms with van der Waals surface area (Å²) in [4.78, 5) is 0.451. The van der Waals surface area contributed by atoms with E-state index in [2.05, 4.69) is 17.4 Å². The van der Waals surface area contributed by atoms with Crippen LogP contribution in [0.15, 0.2) is 88.7 Å². The Balaban J connectivity index is 1.45. The highest BCUT2D eigenvalue weighted by molar-refractivity contribution is 7.91. The zero-order chi connectivity index (χ0) is 19.4. The highest BCUT2D eigenvalue weighted by Crippen LogP contribution is 2.35. The smallest absolute Gasteiger partial charge is 0.206 e. The van der Waals surface area contributed by atoms with Crippen molar-refractivity contribution in [3.05, 3.63) is 84.4 Å². The van der Waals surface area contributed by atoms with E-state index in [1.807, 2.05) is 18.2 Å². The predicted octanol–water partition coefficient (Wildman–Crippen LogP) is 3.45. The maximum atomic E-state index is 12.8. The average molecular weight is 395 g/mol. The molecule has 0 aromatic heterocycles. The summed E-state index contributed by atoms with van der Waals surface area (Å²) in [5.74, 6) is 1.01. The molecule has 1 aliphatic rings. The first-order valence-electron chi connectivity index (χ1n) is 9.11. The van der Waals surface area contributed by atoms with Crippen molar-refractivity contribution in [2.24, 2.45) is 0 Å². The predicted molar refractivity (Wildman–Crippen MR) is 106 cm³/mol. The van der Waals surface area contributed by atoms with Crippen LogP contribution < -0.4 is 14.8 Å². The summed E-state index contributed by atoms with van der Waals surface area (Å²) < 4.78 is 37.4. The maximum absolute atomic E-state index is 12.8. The van der Waals surface area contributed by atoms with E-state index >= 15 is 0 Å². The van der Waals surface area contributed by atoms with E-state index in [1.165, 1.54) is 5.56 Å². The fourth-order valence-electron chi connectivity index (χ4n) is 3.07. The Morgan fingerprint density at radius 3 is 2.32 bits per heavy atom. The van der Waals surface area contributed by atoms with Crippen LogP contribution in [0, 0.1) is 0 Å². The molecule has 0 amide bonds. The molecule has 0 aliphatic carbocycles. The van der Waals surface area contributed by atoms with E-state index in [1.54, 1.807) is 48.5 Å². The van der Waals surface area contributed by atoms with Crippen molar-refractivity contribution in [1.29, 1.82) is 0 Å². The van der Waals surface area contributed by atoms with E-state index in [0.29, 0.717) is 24.7 Å². The molecule has 28 heavy (non-hydrogen) atoms. The van der Waals surface area contributed by atoms with Crippen molar-refractivity contribution in [2.45, 2.75) is 22.4 Å². The summed E-state index contributed by atoms with van der Waals surface area (Å²) in [7, 11) is -3.59. The molecule has 1 N–H and O–H groups in total. The highest BCUT2D eigenvalue weighted by Gasteiger charge is 2.24. The van der Waals surface area contributed by atoms with E-state index in [-0.39, 0.29) is 15.9 Å². The van der Waals surface area contributed by atoms with Crippen molar-refractivity contribution in [3.63, 3.8) is 0 Å². The minimum Gasteiger partial charge on any atom is -0.486 e. The summed E-state index contributed by atoms with van der Waals surface area (Å²) in [6.45, 7) is 1.75. The molecule has 3 aromatic rings. The lowest BCUT2D eigenvalue weighted by molar-refractivity contribution is 0.0898. The molecule has 4 rings (SSSR count). The van der Waals surface area contributed by atoms with Gasteiger partial charge in [-0.1, -0.05) is 48.5 Å². The summed E-state index contributed by atoms with van der Waals surface area (Å²) >= 11 is 0. The quantitative estimate of drug-likeness (QED) is 0.693. The van der Waals surface area contributed by atoms with Crippen molar-refractivity contribution in [3.8, 4) is 11.5 Å². The molecule has 1 unspecified atom stereocenters. The van der Waals surface area contributed by atoms with Gasteiger partial charge in [0.1, 0.15) is 12.7 Å². The third-order valence-corrected chi connectivity index (χ3v) is 6.31. The van der Waals surface area contributed by atoms with Crippen LogP contribution in [0.4, 0.5) is 0 Å². The number of rotatable bonds is 6. The molecule has 0 bridgehead atoms. The SMILES string of the molecule is O=S(=O)(c1ccccc1)c1ccc2c(c1)OC(CNCc1ccccc1)CO2. The van der Waals surface area contributed by atoms with Gasteiger partial charge in [-0.15, -0.1) is 0 Å². The lowest BCUT2D eigenvalue weighted by Crippen LogP contribution is -2.38. The molecule has 1 heterocycles. The van der Waals surface area contributed by atoms with Crippen LogP contribution in [-0.4, -0.2) is 27.7 Å². The zero-order valence-electron chi connectivity index (χ0n) is 15.2. The number of hydrogen-bond donors (Lipinski definition) is 1. The minimum atomic E-state index is -3.59. The Kier molecular flexibility index (Phi) is 5.32. The van der Waals surface area contributed by atoms with Gasteiger partial charge >= 0.3 is 0 Å². The number of benzene rings is 3. The first kappa shape index (κ1) is 18.5. The molecule has 0 saturated carbocycles. The molecule has 5 nitrogen and oxygen atoms in total. The van der Waals surface area contributed by atoms with E-state index in [4.69, 9.17) is 9.47 Å². The Bertz CT molecular complexity index is 1040. The van der Waals surface area contributed by atoms with Crippen LogP contribution in [0.3, 0.4) is 0 Å². The van der Waals surface area contributed by atoms with Gasteiger partial charge in [0.15, 0.2) is 11.5 Å². The van der Waals surface area contributed by atoms with Crippen molar-refractivity contribution in [2.75, 3.05) is 13.2 Å². The third kappa shape index (κ3) is 4.03. The van der Waals surface area contributed by atoms with Crippen LogP contribution in [0.1, 0.15) is 5.56 Å². The molecule has 0 spiro atoms. The molecular formula is C22H21NO4S. The number of nitrogens with one attached hydrogen (secondary N) is 1. The van der Waals surface area contributed by atoms with Crippen molar-refractivity contribution < 1.29 is 17.9 Å². The fraction of sp³-hybridized carbons (Fsp3) is 0.182. The Hall–Kier alpha value is -2.83. The lowest BCUT2D eigenvalue weighted by atomic mass is 10.2. The van der Waals surface area contributed by atoms with Crippen LogP contribution >= 0.6 is 0 Å². The van der Waals surface area contributed by atoms with Gasteiger partial charge in [0, 0.05) is 19.2 Å². The molecule has 3 aromatic carbocycles. The van der Waals surface area contributed by atoms with Crippen LogP contribution in [-0.2, 0) is 16.4 Å². The standard InChI is InChI=1S/C22H21NO4S/c24-28(25,19-9-5-2-6-10-19)20-11-12-21-22(13-20)27-18(16-26-21)15-23-14-17-7-3-1-4-8-17/h1-13,18,23H,14-16H2. The van der Waals surface area contributed by atoms with Gasteiger partial charge in [-0.05, 0) is 29.8 Å². The van der Waals surface area contributed by atoms with E-state index in [0.717, 1.165) is 6.54 Å². The normalized spacial score (nSPS) is 15.9. The molecular weight excluding hydrogens is 374 g/mol. The number of sulfone groups is 1. The second-order valence-electron chi connectivity index (χ2n) is 6.59. The molecule has 144 valence electrons. The topological polar surface area (TPSA) is 64.6 Å². The van der Waals surface area contributed by atoms with Gasteiger partial charge in [-0.3, -0.25) is 0 Å². The average Bonchev–Trinajstić information content (AvgIpc) is 2.74. The van der Waals surface area contributed by atoms with Crippen LogP contribution in [0.25, 0.3) is 0 Å². The lowest BCUT2D eigenvalue weighted by Gasteiger charge is -2.27. The van der Waals surface area contributed by atoms with Gasteiger partial charge < -0.3 is 14.8 Å². The first-order valence-corrected chi connectivity index (χ1v) is 10.6. The van der Waals surface area contributed by atoms with E-state index < -0.39 is 9.84 Å². The second-order valence-corrected chi connectivity index (χ2v) is 8.54. The molecule has 0 radical (unpaired) electrons. The van der Waals surface area contributed by atoms with Crippen LogP contribution in [0.5, 0.6) is 11.5 Å². The third-order valence-electron chi connectivity index (χ3n) is 4.54. The van der Waals surface area contributed by atoms with Gasteiger partial charge in [0.2, 0.25) is 9.84 Å². The van der Waals surface area contributed by atoms with Crippen molar-refractivity contribution >= 4 is 9.84 Å². The Labute approximate surface area is 164 Å². The van der Waals surface area contributed by atoms with Gasteiger partial charge in [-0.25, -0.2) is 8.42 Å². The van der Waals surface area contributed by atoms with Gasteiger partial charge in [-0.2, -0.15) is 0 Å². The summed E-state index contributed by atoms with van der Waals surface area (Å²) in [5, 5.41) is 3.35.